The molecule has 7 heteroatoms. The van der Waals surface area contributed by atoms with Gasteiger partial charge in [0.2, 0.25) is 0 Å². The van der Waals surface area contributed by atoms with Crippen molar-refractivity contribution in [3.63, 3.8) is 0 Å². The summed E-state index contributed by atoms with van der Waals surface area (Å²) >= 11 is 0. The zero-order valence-corrected chi connectivity index (χ0v) is 10.9. The van der Waals surface area contributed by atoms with Gasteiger partial charge in [0.15, 0.2) is 11.6 Å². The van der Waals surface area contributed by atoms with Crippen molar-refractivity contribution in [1.82, 2.24) is 10.3 Å². The average Bonchev–Trinajstić information content (AvgIpc) is 2.91. The number of hydrogen-bond donors (Lipinski definition) is 3. The van der Waals surface area contributed by atoms with Crippen LogP contribution >= 0.6 is 0 Å². The van der Waals surface area contributed by atoms with E-state index < -0.39 is 11.7 Å². The summed E-state index contributed by atoms with van der Waals surface area (Å²) in [6.07, 6.45) is 3.39. The number of nitrogens with zero attached hydrogens (tertiary/aromatic N) is 1. The van der Waals surface area contributed by atoms with Gasteiger partial charge in [-0.1, -0.05) is 0 Å². The van der Waals surface area contributed by atoms with E-state index in [2.05, 4.69) is 15.7 Å². The lowest BCUT2D eigenvalue weighted by atomic mass is 10.1. The van der Waals surface area contributed by atoms with Crippen molar-refractivity contribution in [3.05, 3.63) is 47.8 Å². The Labute approximate surface area is 115 Å². The standard InChI is InChI=1S/C13H15FN4O2/c1-8(7-9-3-2-6-20-9)17-13(19)10-4-5-16-12(18-15)11(10)14/h2-6,8H,7,15H2,1H3,(H,16,18)(H,17,19). The van der Waals surface area contributed by atoms with Gasteiger partial charge in [-0.05, 0) is 25.1 Å². The van der Waals surface area contributed by atoms with Gasteiger partial charge >= 0.3 is 0 Å². The van der Waals surface area contributed by atoms with Crippen molar-refractivity contribution in [2.24, 2.45) is 5.84 Å². The highest BCUT2D eigenvalue weighted by atomic mass is 19.1. The van der Waals surface area contributed by atoms with Crippen molar-refractivity contribution in [1.29, 1.82) is 0 Å². The minimum atomic E-state index is -0.780. The number of halogens is 1. The summed E-state index contributed by atoms with van der Waals surface area (Å²) in [5.74, 6) is 4.38. The lowest BCUT2D eigenvalue weighted by Gasteiger charge is -2.13. The van der Waals surface area contributed by atoms with Gasteiger partial charge in [0.05, 0.1) is 11.8 Å². The number of amides is 1. The zero-order chi connectivity index (χ0) is 14.5. The van der Waals surface area contributed by atoms with Crippen LogP contribution in [0.1, 0.15) is 23.0 Å². The van der Waals surface area contributed by atoms with Gasteiger partial charge in [0.25, 0.3) is 5.91 Å². The fraction of sp³-hybridized carbons (Fsp3) is 0.231. The van der Waals surface area contributed by atoms with E-state index in [1.54, 1.807) is 12.3 Å². The average molecular weight is 278 g/mol. The molecular weight excluding hydrogens is 263 g/mol. The van der Waals surface area contributed by atoms with Gasteiger partial charge in [-0.3, -0.25) is 4.79 Å². The second-order valence-corrected chi connectivity index (χ2v) is 4.32. The molecule has 20 heavy (non-hydrogen) atoms. The van der Waals surface area contributed by atoms with Crippen LogP contribution in [0.5, 0.6) is 0 Å². The second-order valence-electron chi connectivity index (χ2n) is 4.32. The maximum absolute atomic E-state index is 13.9. The van der Waals surface area contributed by atoms with Crippen LogP contribution in [0.3, 0.4) is 0 Å². The number of carbonyl (C=O) groups is 1. The lowest BCUT2D eigenvalue weighted by molar-refractivity contribution is 0.0935. The molecule has 0 saturated heterocycles. The maximum atomic E-state index is 13.9. The van der Waals surface area contributed by atoms with Crippen LogP contribution < -0.4 is 16.6 Å². The van der Waals surface area contributed by atoms with Gasteiger partial charge in [-0.15, -0.1) is 0 Å². The van der Waals surface area contributed by atoms with E-state index in [0.29, 0.717) is 6.42 Å². The third-order valence-electron chi connectivity index (χ3n) is 2.74. The van der Waals surface area contributed by atoms with E-state index in [1.165, 1.54) is 12.3 Å². The third kappa shape index (κ3) is 3.12. The van der Waals surface area contributed by atoms with E-state index in [1.807, 2.05) is 13.0 Å². The Bertz CT molecular complexity index is 586. The number of rotatable bonds is 5. The van der Waals surface area contributed by atoms with Crippen LogP contribution in [0.25, 0.3) is 0 Å². The molecule has 0 fully saturated rings. The van der Waals surface area contributed by atoms with Crippen LogP contribution in [0.2, 0.25) is 0 Å². The SMILES string of the molecule is CC(Cc1ccco1)NC(=O)c1ccnc(NN)c1F. The minimum absolute atomic E-state index is 0.112. The van der Waals surface area contributed by atoms with Crippen molar-refractivity contribution in [2.45, 2.75) is 19.4 Å². The fourth-order valence-corrected chi connectivity index (χ4v) is 1.80. The Morgan fingerprint density at radius 3 is 3.00 bits per heavy atom. The van der Waals surface area contributed by atoms with E-state index in [0.717, 1.165) is 5.76 Å². The maximum Gasteiger partial charge on any atom is 0.254 e. The summed E-state index contributed by atoms with van der Waals surface area (Å²) < 4.78 is 19.1. The largest absolute Gasteiger partial charge is 0.469 e. The number of nitrogen functional groups attached to an aromatic ring is 1. The predicted molar refractivity (Wildman–Crippen MR) is 71.3 cm³/mol. The molecule has 0 bridgehead atoms. The Hall–Kier alpha value is -2.41. The number of furan rings is 1. The smallest absolute Gasteiger partial charge is 0.254 e. The summed E-state index contributed by atoms with van der Waals surface area (Å²) in [4.78, 5) is 15.7. The number of carbonyl (C=O) groups excluding carboxylic acids is 1. The lowest BCUT2D eigenvalue weighted by Crippen LogP contribution is -2.34. The molecule has 4 N–H and O–H groups in total. The summed E-state index contributed by atoms with van der Waals surface area (Å²) in [7, 11) is 0. The molecule has 2 heterocycles. The zero-order valence-electron chi connectivity index (χ0n) is 10.9. The van der Waals surface area contributed by atoms with Gasteiger partial charge in [0, 0.05) is 18.7 Å². The molecule has 0 spiro atoms. The fourth-order valence-electron chi connectivity index (χ4n) is 1.80. The molecule has 2 aromatic rings. The molecule has 2 rings (SSSR count). The van der Waals surface area contributed by atoms with E-state index in [-0.39, 0.29) is 17.4 Å². The van der Waals surface area contributed by atoms with E-state index in [4.69, 9.17) is 10.3 Å². The van der Waals surface area contributed by atoms with Crippen LogP contribution in [0.15, 0.2) is 35.1 Å². The van der Waals surface area contributed by atoms with Crippen LogP contribution in [-0.4, -0.2) is 16.9 Å². The molecule has 0 aromatic carbocycles. The summed E-state index contributed by atoms with van der Waals surface area (Å²) in [6, 6.07) is 4.68. The number of hydrogen-bond acceptors (Lipinski definition) is 5. The number of anilines is 1. The highest BCUT2D eigenvalue weighted by Crippen LogP contribution is 2.14. The van der Waals surface area contributed by atoms with Crippen molar-refractivity contribution >= 4 is 11.7 Å². The number of pyridine rings is 1. The molecule has 0 aliphatic rings. The quantitative estimate of drug-likeness (QED) is 0.568. The Morgan fingerprint density at radius 1 is 1.55 bits per heavy atom. The van der Waals surface area contributed by atoms with E-state index >= 15 is 0 Å². The monoisotopic (exact) mass is 278 g/mol. The normalized spacial score (nSPS) is 11.9. The Morgan fingerprint density at radius 2 is 2.35 bits per heavy atom. The predicted octanol–water partition coefficient (Wildman–Crippen LogP) is 1.46. The number of aromatic nitrogens is 1. The molecule has 6 nitrogen and oxygen atoms in total. The van der Waals surface area contributed by atoms with Crippen molar-refractivity contribution in [2.75, 3.05) is 5.43 Å². The number of nitrogens with two attached hydrogens (primary N) is 1. The van der Waals surface area contributed by atoms with Crippen molar-refractivity contribution < 1.29 is 13.6 Å². The molecule has 2 aromatic heterocycles. The topological polar surface area (TPSA) is 93.2 Å². The van der Waals surface area contributed by atoms with Crippen LogP contribution in [0, 0.1) is 5.82 Å². The molecule has 0 aliphatic heterocycles. The first kappa shape index (κ1) is 14.0. The molecular formula is C13H15FN4O2. The molecule has 0 saturated carbocycles. The molecule has 0 aliphatic carbocycles. The second kappa shape index (κ2) is 6.16. The van der Waals surface area contributed by atoms with Crippen molar-refractivity contribution in [3.8, 4) is 0 Å². The van der Waals surface area contributed by atoms with Gasteiger partial charge in [-0.2, -0.15) is 0 Å². The first-order valence-electron chi connectivity index (χ1n) is 6.06. The first-order valence-corrected chi connectivity index (χ1v) is 6.06. The molecule has 0 radical (unpaired) electrons. The van der Waals surface area contributed by atoms with Crippen LogP contribution in [-0.2, 0) is 6.42 Å². The summed E-state index contributed by atoms with van der Waals surface area (Å²) in [6.45, 7) is 1.81. The Kier molecular flexibility index (Phi) is 4.31. The molecule has 106 valence electrons. The van der Waals surface area contributed by atoms with Gasteiger partial charge < -0.3 is 15.2 Å². The highest BCUT2D eigenvalue weighted by molar-refractivity contribution is 5.95. The highest BCUT2D eigenvalue weighted by Gasteiger charge is 2.17. The third-order valence-corrected chi connectivity index (χ3v) is 2.74. The first-order chi connectivity index (χ1) is 9.61. The van der Waals surface area contributed by atoms with Gasteiger partial charge in [-0.25, -0.2) is 15.2 Å². The molecule has 1 atom stereocenters. The van der Waals surface area contributed by atoms with Gasteiger partial charge in [0.1, 0.15) is 5.76 Å². The number of hydrazine groups is 1. The van der Waals surface area contributed by atoms with E-state index in [9.17, 15) is 9.18 Å². The van der Waals surface area contributed by atoms with Crippen LogP contribution in [0.4, 0.5) is 10.2 Å². The number of nitrogens with one attached hydrogen (secondary N) is 2. The molecule has 1 unspecified atom stereocenters. The minimum Gasteiger partial charge on any atom is -0.469 e. The Balaban J connectivity index is 2.04. The summed E-state index contributed by atoms with van der Waals surface area (Å²) in [5.41, 5.74) is 1.99. The summed E-state index contributed by atoms with van der Waals surface area (Å²) in [5, 5.41) is 2.69. The molecule has 1 amide bonds.